The van der Waals surface area contributed by atoms with Crippen LogP contribution >= 0.6 is 27.5 Å². The molecule has 0 aliphatic rings. The van der Waals surface area contributed by atoms with Crippen LogP contribution in [0, 0.1) is 0 Å². The molecular weight excluding hydrogens is 460 g/mol. The van der Waals surface area contributed by atoms with Crippen LogP contribution in [-0.2, 0) is 19.5 Å². The third kappa shape index (κ3) is 5.15. The van der Waals surface area contributed by atoms with Crippen molar-refractivity contribution in [2.75, 3.05) is 14.1 Å². The molecule has 2 aromatic rings. The van der Waals surface area contributed by atoms with Crippen molar-refractivity contribution in [2.24, 2.45) is 5.16 Å². The van der Waals surface area contributed by atoms with Gasteiger partial charge in [-0.1, -0.05) is 38.8 Å². The minimum absolute atomic E-state index is 0.0592. The topological polar surface area (TPSA) is 93.1 Å². The van der Waals surface area contributed by atoms with E-state index in [9.17, 15) is 18.0 Å². The van der Waals surface area contributed by atoms with Crippen LogP contribution in [0.15, 0.2) is 63.1 Å². The Kier molecular flexibility index (Phi) is 6.74. The average Bonchev–Trinajstić information content (AvgIpc) is 2.61. The van der Waals surface area contributed by atoms with Crippen LogP contribution in [0.25, 0.3) is 0 Å². The van der Waals surface area contributed by atoms with E-state index in [1.54, 1.807) is 6.07 Å². The molecule has 0 aliphatic carbocycles. The highest BCUT2D eigenvalue weighted by Crippen LogP contribution is 2.18. The van der Waals surface area contributed by atoms with Crippen LogP contribution in [0.5, 0.6) is 0 Å². The number of sulfone groups is 1. The van der Waals surface area contributed by atoms with Gasteiger partial charge in [0.1, 0.15) is 0 Å². The van der Waals surface area contributed by atoms with E-state index in [0.717, 1.165) is 4.90 Å². The molecule has 1 amide bonds. The van der Waals surface area contributed by atoms with Gasteiger partial charge >= 0.3 is 5.97 Å². The SMILES string of the molecule is CN(C)C(=O)/C(=N\OC(=O)c1cccc(Cl)c1)S(=O)(=O)c1ccc(Br)cc1. The second kappa shape index (κ2) is 8.64. The predicted molar refractivity (Wildman–Crippen MR) is 104 cm³/mol. The van der Waals surface area contributed by atoms with Crippen molar-refractivity contribution in [1.29, 1.82) is 0 Å². The number of nitrogens with zero attached hydrogens (tertiary/aromatic N) is 2. The molecule has 0 spiro atoms. The number of halogens is 2. The van der Waals surface area contributed by atoms with Gasteiger partial charge in [0.15, 0.2) is 0 Å². The summed E-state index contributed by atoms with van der Waals surface area (Å²) in [6.07, 6.45) is 0. The lowest BCUT2D eigenvalue weighted by molar-refractivity contribution is -0.121. The van der Waals surface area contributed by atoms with Gasteiger partial charge in [0.2, 0.25) is 9.84 Å². The zero-order chi connectivity index (χ0) is 20.2. The fourth-order valence-electron chi connectivity index (χ4n) is 1.87. The maximum absolute atomic E-state index is 12.8. The molecule has 7 nitrogen and oxygen atoms in total. The number of hydrogen-bond donors (Lipinski definition) is 0. The molecular formula is C17H14BrClN2O5S. The minimum Gasteiger partial charge on any atom is -0.343 e. The molecule has 27 heavy (non-hydrogen) atoms. The van der Waals surface area contributed by atoms with Crippen LogP contribution in [0.2, 0.25) is 5.02 Å². The van der Waals surface area contributed by atoms with Gasteiger partial charge < -0.3 is 9.74 Å². The predicted octanol–water partition coefficient (Wildman–Crippen LogP) is 3.13. The zero-order valence-corrected chi connectivity index (χ0v) is 17.4. The number of carbonyl (C=O) groups excluding carboxylic acids is 2. The van der Waals surface area contributed by atoms with E-state index in [2.05, 4.69) is 21.1 Å². The Balaban J connectivity index is 2.42. The molecule has 0 saturated carbocycles. The lowest BCUT2D eigenvalue weighted by atomic mass is 10.2. The summed E-state index contributed by atoms with van der Waals surface area (Å²) in [4.78, 5) is 30.0. The van der Waals surface area contributed by atoms with Gasteiger partial charge in [0.05, 0.1) is 10.5 Å². The molecule has 0 N–H and O–H groups in total. The molecule has 142 valence electrons. The third-order valence-electron chi connectivity index (χ3n) is 3.24. The Morgan fingerprint density at radius 2 is 1.74 bits per heavy atom. The Morgan fingerprint density at radius 1 is 1.11 bits per heavy atom. The van der Waals surface area contributed by atoms with Gasteiger partial charge in [0, 0.05) is 23.6 Å². The maximum Gasteiger partial charge on any atom is 0.365 e. The number of amides is 1. The number of benzene rings is 2. The monoisotopic (exact) mass is 472 g/mol. The first-order chi connectivity index (χ1) is 12.6. The Labute approximate surface area is 169 Å². The summed E-state index contributed by atoms with van der Waals surface area (Å²) in [6.45, 7) is 0. The number of rotatable bonds is 3. The summed E-state index contributed by atoms with van der Waals surface area (Å²) in [6, 6.07) is 11.4. The Bertz CT molecular complexity index is 1000. The molecule has 10 heteroatoms. The summed E-state index contributed by atoms with van der Waals surface area (Å²) in [5, 5.41) is 2.73. The molecule has 0 heterocycles. The van der Waals surface area contributed by atoms with Gasteiger partial charge in [-0.2, -0.15) is 0 Å². The lowest BCUT2D eigenvalue weighted by Gasteiger charge is -2.12. The third-order valence-corrected chi connectivity index (χ3v) is 5.65. The quantitative estimate of drug-likeness (QED) is 0.295. The zero-order valence-electron chi connectivity index (χ0n) is 14.2. The van der Waals surface area contributed by atoms with E-state index in [0.29, 0.717) is 9.50 Å². The van der Waals surface area contributed by atoms with E-state index in [-0.39, 0.29) is 10.5 Å². The van der Waals surface area contributed by atoms with E-state index in [1.807, 2.05) is 0 Å². The summed E-state index contributed by atoms with van der Waals surface area (Å²) in [5.41, 5.74) is 0.0592. The van der Waals surface area contributed by atoms with Crippen molar-refractivity contribution >= 4 is 54.3 Å². The van der Waals surface area contributed by atoms with Crippen LogP contribution in [-0.4, -0.2) is 44.3 Å². The van der Waals surface area contributed by atoms with Crippen molar-refractivity contribution in [2.45, 2.75) is 4.90 Å². The molecule has 2 rings (SSSR count). The largest absolute Gasteiger partial charge is 0.365 e. The molecule has 0 aliphatic heterocycles. The van der Waals surface area contributed by atoms with Crippen LogP contribution < -0.4 is 0 Å². The number of hydrogen-bond acceptors (Lipinski definition) is 6. The van der Waals surface area contributed by atoms with Crippen molar-refractivity contribution in [1.82, 2.24) is 4.90 Å². The molecule has 0 aromatic heterocycles. The second-order valence-electron chi connectivity index (χ2n) is 5.44. The summed E-state index contributed by atoms with van der Waals surface area (Å²) < 4.78 is 26.2. The smallest absolute Gasteiger partial charge is 0.343 e. The highest BCUT2D eigenvalue weighted by Gasteiger charge is 2.32. The number of oxime groups is 1. The normalized spacial score (nSPS) is 11.8. The summed E-state index contributed by atoms with van der Waals surface area (Å²) >= 11 is 9.01. The van der Waals surface area contributed by atoms with Gasteiger partial charge in [0.25, 0.3) is 11.0 Å². The van der Waals surface area contributed by atoms with E-state index in [4.69, 9.17) is 16.4 Å². The molecule has 0 unspecified atom stereocenters. The van der Waals surface area contributed by atoms with Crippen molar-refractivity contribution < 1.29 is 22.8 Å². The number of carbonyl (C=O) groups is 2. The van der Waals surface area contributed by atoms with Crippen LogP contribution in [0.1, 0.15) is 10.4 Å². The molecule has 0 saturated heterocycles. The lowest BCUT2D eigenvalue weighted by Crippen LogP contribution is -2.35. The van der Waals surface area contributed by atoms with Crippen molar-refractivity contribution in [3.05, 3.63) is 63.6 Å². The first-order valence-corrected chi connectivity index (χ1v) is 10.1. The maximum atomic E-state index is 12.8. The van der Waals surface area contributed by atoms with Gasteiger partial charge in [-0.3, -0.25) is 4.79 Å². The van der Waals surface area contributed by atoms with Gasteiger partial charge in [-0.05, 0) is 42.5 Å². The molecule has 0 bridgehead atoms. The molecule has 0 atom stereocenters. The fourth-order valence-corrected chi connectivity index (χ4v) is 3.59. The van der Waals surface area contributed by atoms with Gasteiger partial charge in [-0.25, -0.2) is 13.2 Å². The van der Waals surface area contributed by atoms with Crippen molar-refractivity contribution in [3.8, 4) is 0 Å². The fraction of sp³-hybridized carbons (Fsp3) is 0.118. The van der Waals surface area contributed by atoms with Crippen LogP contribution in [0.3, 0.4) is 0 Å². The standard InChI is InChI=1S/C17H14BrClN2O5S/c1-21(2)16(22)15(27(24,25)14-8-6-12(18)7-9-14)20-26-17(23)11-4-3-5-13(19)10-11/h3-10H,1-2H3/b20-15+. The average molecular weight is 474 g/mol. The minimum atomic E-state index is -4.31. The highest BCUT2D eigenvalue weighted by atomic mass is 79.9. The van der Waals surface area contributed by atoms with Gasteiger partial charge in [-0.15, -0.1) is 0 Å². The molecule has 0 fully saturated rings. The molecule has 2 aromatic carbocycles. The second-order valence-corrected chi connectivity index (χ2v) is 8.66. The Hall–Kier alpha value is -2.23. The summed E-state index contributed by atoms with van der Waals surface area (Å²) in [5.74, 6) is -1.88. The molecule has 0 radical (unpaired) electrons. The van der Waals surface area contributed by atoms with E-state index in [1.165, 1.54) is 56.6 Å². The first-order valence-electron chi connectivity index (χ1n) is 7.40. The van der Waals surface area contributed by atoms with Crippen molar-refractivity contribution in [3.63, 3.8) is 0 Å². The van der Waals surface area contributed by atoms with E-state index >= 15 is 0 Å². The first kappa shape index (κ1) is 21.1. The van der Waals surface area contributed by atoms with Crippen LogP contribution in [0.4, 0.5) is 0 Å². The Morgan fingerprint density at radius 3 is 2.30 bits per heavy atom. The highest BCUT2D eigenvalue weighted by molar-refractivity contribution is 9.10. The van der Waals surface area contributed by atoms with E-state index < -0.39 is 26.8 Å². The summed E-state index contributed by atoms with van der Waals surface area (Å²) in [7, 11) is -1.60.